The number of fused-ring (bicyclic) bond motifs is 7. The summed E-state index contributed by atoms with van der Waals surface area (Å²) >= 11 is 0. The molecule has 5 heterocycles. The average molecular weight is 1200 g/mol. The van der Waals surface area contributed by atoms with Crippen LogP contribution in [0, 0.1) is 0 Å². The van der Waals surface area contributed by atoms with Crippen molar-refractivity contribution in [3.05, 3.63) is 334 Å². The summed E-state index contributed by atoms with van der Waals surface area (Å²) in [7, 11) is 0. The minimum atomic E-state index is 0.0106. The van der Waals surface area contributed by atoms with Crippen LogP contribution < -0.4 is 26.2 Å². The maximum Gasteiger partial charge on any atom is 0.252 e. The third-order valence-electron chi connectivity index (χ3n) is 18.4. The van der Waals surface area contributed by atoms with Crippen LogP contribution in [0.5, 0.6) is 0 Å². The zero-order valence-corrected chi connectivity index (χ0v) is 50.9. The highest BCUT2D eigenvalue weighted by molar-refractivity contribution is 7.00. The van der Waals surface area contributed by atoms with Gasteiger partial charge < -0.3 is 14.4 Å². The predicted molar refractivity (Wildman–Crippen MR) is 387 cm³/mol. The average Bonchev–Trinajstić information content (AvgIpc) is 0.836. The summed E-state index contributed by atoms with van der Waals surface area (Å²) < 4.78 is 2.39. The molecule has 438 valence electrons. The van der Waals surface area contributed by atoms with Crippen LogP contribution in [0.25, 0.3) is 118 Å². The van der Waals surface area contributed by atoms with E-state index >= 15 is 0 Å². The number of anilines is 6. The lowest BCUT2D eigenvalue weighted by molar-refractivity contribution is 1.07. The quantitative estimate of drug-likeness (QED) is 0.119. The first kappa shape index (κ1) is 54.4. The SMILES string of the molecule is c1ccc(-c2ccc3c(c2)c2ccccc2n3-c2ccc(-c3nc(-c4ccccc4)nc(-c4ccccc4)n3)cc2-c2cc(-c3ccccc3)nc(-c3ccc(-c4cc5c6c(c4)N(c4ccccc4)c4ccccc4B6c4ccccc4N5c4ccccc4)cc3)n2)cc1. The van der Waals surface area contributed by atoms with Gasteiger partial charge >= 0.3 is 0 Å². The number of hydrogen-bond donors (Lipinski definition) is 0. The van der Waals surface area contributed by atoms with Gasteiger partial charge in [0.1, 0.15) is 0 Å². The van der Waals surface area contributed by atoms with Crippen LogP contribution >= 0.6 is 0 Å². The molecule has 0 aliphatic carbocycles. The van der Waals surface area contributed by atoms with E-state index in [1.807, 2.05) is 66.7 Å². The predicted octanol–water partition coefficient (Wildman–Crippen LogP) is 19.2. The van der Waals surface area contributed by atoms with Gasteiger partial charge in [-0.05, 0) is 130 Å². The molecule has 0 bridgehead atoms. The summed E-state index contributed by atoms with van der Waals surface area (Å²) in [5.41, 5.74) is 25.1. The molecule has 0 spiro atoms. The van der Waals surface area contributed by atoms with Crippen LogP contribution in [0.15, 0.2) is 334 Å². The lowest BCUT2D eigenvalue weighted by Crippen LogP contribution is -2.61. The zero-order valence-electron chi connectivity index (χ0n) is 50.9. The minimum absolute atomic E-state index is 0.0106. The Bertz CT molecular complexity index is 5380. The molecule has 8 nitrogen and oxygen atoms in total. The van der Waals surface area contributed by atoms with E-state index in [1.54, 1.807) is 0 Å². The van der Waals surface area contributed by atoms with E-state index in [9.17, 15) is 0 Å². The second kappa shape index (κ2) is 22.7. The maximum atomic E-state index is 5.69. The molecule has 13 aromatic carbocycles. The molecule has 0 unspecified atom stereocenters. The Balaban J connectivity index is 0.836. The van der Waals surface area contributed by atoms with Crippen molar-refractivity contribution < 1.29 is 0 Å². The Hall–Kier alpha value is -12.6. The molecule has 16 aromatic rings. The fraction of sp³-hybridized carbons (Fsp3) is 0. The van der Waals surface area contributed by atoms with Crippen molar-refractivity contribution in [2.75, 3.05) is 9.80 Å². The highest BCUT2D eigenvalue weighted by Crippen LogP contribution is 2.47. The molecule has 9 heteroatoms. The van der Waals surface area contributed by atoms with Crippen molar-refractivity contribution in [1.29, 1.82) is 0 Å². The molecule has 18 rings (SSSR count). The summed E-state index contributed by atoms with van der Waals surface area (Å²) in [5.74, 6) is 2.31. The molecule has 94 heavy (non-hydrogen) atoms. The normalized spacial score (nSPS) is 12.2. The van der Waals surface area contributed by atoms with Crippen molar-refractivity contribution in [2.45, 2.75) is 0 Å². The van der Waals surface area contributed by atoms with E-state index in [0.717, 1.165) is 117 Å². The summed E-state index contributed by atoms with van der Waals surface area (Å²) in [6.45, 7) is 0.0106. The van der Waals surface area contributed by atoms with Crippen molar-refractivity contribution >= 4 is 79.0 Å². The number of hydrogen-bond acceptors (Lipinski definition) is 7. The molecule has 0 atom stereocenters. The Morgan fingerprint density at radius 2 is 0.649 bits per heavy atom. The van der Waals surface area contributed by atoms with Crippen LogP contribution in [0.1, 0.15) is 0 Å². The first-order chi connectivity index (χ1) is 46.6. The summed E-state index contributed by atoms with van der Waals surface area (Å²) in [6.07, 6.45) is 0. The smallest absolute Gasteiger partial charge is 0.252 e. The molecular weight excluding hydrogens is 1140 g/mol. The molecule has 2 aliphatic rings. The lowest BCUT2D eigenvalue weighted by Gasteiger charge is -2.44. The van der Waals surface area contributed by atoms with Crippen LogP contribution in [-0.4, -0.2) is 36.2 Å². The third kappa shape index (κ3) is 9.36. The monoisotopic (exact) mass is 1200 g/mol. The summed E-state index contributed by atoms with van der Waals surface area (Å²) in [6, 6.07) is 119. The van der Waals surface area contributed by atoms with E-state index in [0.29, 0.717) is 23.3 Å². The van der Waals surface area contributed by atoms with E-state index in [4.69, 9.17) is 24.9 Å². The topological polar surface area (TPSA) is 75.9 Å². The Kier molecular flexibility index (Phi) is 13.1. The van der Waals surface area contributed by atoms with Gasteiger partial charge in [-0.25, -0.2) is 24.9 Å². The van der Waals surface area contributed by atoms with Gasteiger partial charge in [-0.1, -0.05) is 243 Å². The number of para-hydroxylation sites is 5. The van der Waals surface area contributed by atoms with E-state index in [1.165, 1.54) is 27.8 Å². The van der Waals surface area contributed by atoms with Crippen LogP contribution in [0.4, 0.5) is 34.1 Å². The molecule has 2 aliphatic heterocycles. The van der Waals surface area contributed by atoms with Crippen molar-refractivity contribution in [3.8, 4) is 96.0 Å². The summed E-state index contributed by atoms with van der Waals surface area (Å²) in [5, 5.41) is 2.30. The molecule has 0 saturated heterocycles. The number of benzene rings is 13. The van der Waals surface area contributed by atoms with Gasteiger partial charge in [0, 0.05) is 78.3 Å². The second-order valence-corrected chi connectivity index (χ2v) is 23.9. The van der Waals surface area contributed by atoms with Gasteiger partial charge in [0.05, 0.1) is 28.1 Å². The van der Waals surface area contributed by atoms with Gasteiger partial charge in [0.2, 0.25) is 0 Å². The molecule has 3 aromatic heterocycles. The number of nitrogens with zero attached hydrogens (tertiary/aromatic N) is 8. The standard InChI is InChI=1S/C85H55BN8/c1-7-25-56(26-8-1)62-47-49-75-68(51-62)67-37-19-22-40-74(67)94(75)76-50-48-63(85-90-83(59-29-11-3-12-30-59)89-84(91-85)60-31-13-4-14-32-60)52-69(76)73-55-72(58-27-9-2-10-28-58)87-82(88-73)61-45-43-57(44-46-61)64-53-79-81-80(54-64)93(66-35-17-6-18-36-66)78-42-24-21-39-71(78)86(81)70-38-20-23-41-77(70)92(79)65-33-15-5-16-34-65/h1-55H. The molecule has 0 amide bonds. The van der Waals surface area contributed by atoms with E-state index < -0.39 is 0 Å². The molecule has 0 saturated carbocycles. The second-order valence-electron chi connectivity index (χ2n) is 23.9. The van der Waals surface area contributed by atoms with Gasteiger partial charge in [-0.2, -0.15) is 0 Å². The highest BCUT2D eigenvalue weighted by atomic mass is 15.2. The number of rotatable bonds is 11. The van der Waals surface area contributed by atoms with Gasteiger partial charge in [0.15, 0.2) is 23.3 Å². The van der Waals surface area contributed by atoms with Crippen molar-refractivity contribution in [2.24, 2.45) is 0 Å². The fourth-order valence-electron chi connectivity index (χ4n) is 14.1. The molecule has 0 fully saturated rings. The summed E-state index contributed by atoms with van der Waals surface area (Å²) in [4.78, 5) is 31.7. The highest BCUT2D eigenvalue weighted by Gasteiger charge is 2.43. The van der Waals surface area contributed by atoms with Gasteiger partial charge in [-0.3, -0.25) is 0 Å². The fourth-order valence-corrected chi connectivity index (χ4v) is 14.1. The molecule has 0 N–H and O–H groups in total. The first-order valence-electron chi connectivity index (χ1n) is 31.8. The third-order valence-corrected chi connectivity index (χ3v) is 18.4. The molecule has 0 radical (unpaired) electrons. The van der Waals surface area contributed by atoms with Crippen LogP contribution in [0.3, 0.4) is 0 Å². The Morgan fingerprint density at radius 1 is 0.234 bits per heavy atom. The van der Waals surface area contributed by atoms with E-state index in [2.05, 4.69) is 281 Å². The van der Waals surface area contributed by atoms with E-state index in [-0.39, 0.29) is 6.71 Å². The largest absolute Gasteiger partial charge is 0.311 e. The van der Waals surface area contributed by atoms with Gasteiger partial charge in [-0.15, -0.1) is 0 Å². The van der Waals surface area contributed by atoms with Crippen LogP contribution in [-0.2, 0) is 0 Å². The molecular formula is C85H55BN8. The Morgan fingerprint density at radius 3 is 1.23 bits per heavy atom. The zero-order chi connectivity index (χ0) is 62.1. The van der Waals surface area contributed by atoms with Crippen molar-refractivity contribution in [3.63, 3.8) is 0 Å². The van der Waals surface area contributed by atoms with Crippen molar-refractivity contribution in [1.82, 2.24) is 29.5 Å². The first-order valence-corrected chi connectivity index (χ1v) is 31.8. The van der Waals surface area contributed by atoms with Crippen LogP contribution in [0.2, 0.25) is 0 Å². The Labute approximate surface area is 544 Å². The lowest BCUT2D eigenvalue weighted by atomic mass is 9.33. The maximum absolute atomic E-state index is 5.69. The minimum Gasteiger partial charge on any atom is -0.311 e. The van der Waals surface area contributed by atoms with Gasteiger partial charge in [0.25, 0.3) is 6.71 Å². The number of aromatic nitrogens is 6.